The third kappa shape index (κ3) is 8.77. The first-order valence-corrected chi connectivity index (χ1v) is 9.47. The Bertz CT molecular complexity index is 542. The van der Waals surface area contributed by atoms with Gasteiger partial charge in [0, 0.05) is 0 Å². The summed E-state index contributed by atoms with van der Waals surface area (Å²) in [5.41, 5.74) is 0.639. The minimum absolute atomic E-state index is 0.0849. The number of hydrogen-bond donors (Lipinski definition) is 1. The van der Waals surface area contributed by atoms with E-state index in [1.807, 2.05) is 0 Å². The lowest BCUT2D eigenvalue weighted by molar-refractivity contribution is 0.570. The lowest BCUT2D eigenvalue weighted by Gasteiger charge is -2.03. The molecule has 1 rings (SSSR count). The molecule has 0 aliphatic rings. The van der Waals surface area contributed by atoms with Crippen LogP contribution in [-0.4, -0.2) is 20.4 Å². The number of sulfonamides is 1. The van der Waals surface area contributed by atoms with Gasteiger partial charge < -0.3 is 0 Å². The number of halogens is 1. The zero-order valence-corrected chi connectivity index (χ0v) is 13.9. The molecule has 0 heterocycles. The zero-order valence-electron chi connectivity index (χ0n) is 13.1. The molecular weight excluding hydrogens is 303 g/mol. The van der Waals surface area contributed by atoms with Gasteiger partial charge in [0.25, 0.3) is 0 Å². The first-order valence-electron chi connectivity index (χ1n) is 7.81. The molecule has 4 nitrogen and oxygen atoms in total. The summed E-state index contributed by atoms with van der Waals surface area (Å²) in [6.07, 6.45) is 8.87. The molecule has 0 radical (unpaired) electrons. The maximum absolute atomic E-state index is 12.7. The van der Waals surface area contributed by atoms with Gasteiger partial charge in [-0.25, -0.2) is 17.6 Å². The van der Waals surface area contributed by atoms with Crippen molar-refractivity contribution in [2.24, 2.45) is 5.10 Å². The van der Waals surface area contributed by atoms with Crippen LogP contribution in [0.4, 0.5) is 4.39 Å². The first kappa shape index (κ1) is 18.6. The van der Waals surface area contributed by atoms with E-state index in [-0.39, 0.29) is 11.6 Å². The van der Waals surface area contributed by atoms with E-state index in [0.29, 0.717) is 12.0 Å². The fourth-order valence-electron chi connectivity index (χ4n) is 2.02. The van der Waals surface area contributed by atoms with E-state index in [1.165, 1.54) is 56.2 Å². The molecular formula is C16H25FN2O2S. The van der Waals surface area contributed by atoms with Crippen molar-refractivity contribution in [3.63, 3.8) is 0 Å². The average molecular weight is 328 g/mol. The van der Waals surface area contributed by atoms with Gasteiger partial charge in [0.1, 0.15) is 5.82 Å². The number of hydrazone groups is 1. The molecule has 6 heteroatoms. The van der Waals surface area contributed by atoms with Gasteiger partial charge in [-0.1, -0.05) is 57.6 Å². The summed E-state index contributed by atoms with van der Waals surface area (Å²) < 4.78 is 36.2. The Kier molecular flexibility index (Phi) is 8.74. The van der Waals surface area contributed by atoms with Crippen molar-refractivity contribution in [1.82, 2.24) is 4.83 Å². The Morgan fingerprint density at radius 3 is 2.27 bits per heavy atom. The summed E-state index contributed by atoms with van der Waals surface area (Å²) in [4.78, 5) is 2.18. The number of nitrogens with one attached hydrogen (secondary N) is 1. The summed E-state index contributed by atoms with van der Waals surface area (Å²) in [7, 11) is -3.38. The predicted octanol–water partition coefficient (Wildman–Crippen LogP) is 3.83. The maximum atomic E-state index is 12.7. The lowest BCUT2D eigenvalue weighted by atomic mass is 10.1. The summed E-state index contributed by atoms with van der Waals surface area (Å²) in [6, 6.07) is 5.66. The molecule has 0 unspecified atom stereocenters. The fourth-order valence-corrected chi connectivity index (χ4v) is 2.91. The third-order valence-corrected chi connectivity index (χ3v) is 4.50. The molecule has 1 N–H and O–H groups in total. The van der Waals surface area contributed by atoms with Crippen molar-refractivity contribution >= 4 is 16.2 Å². The highest BCUT2D eigenvalue weighted by molar-refractivity contribution is 7.89. The summed E-state index contributed by atoms with van der Waals surface area (Å²) in [6.45, 7) is 2.17. The van der Waals surface area contributed by atoms with E-state index in [4.69, 9.17) is 0 Å². The van der Waals surface area contributed by atoms with Gasteiger partial charge in [-0.2, -0.15) is 5.10 Å². The molecule has 0 aliphatic carbocycles. The molecule has 124 valence electrons. The summed E-state index contributed by atoms with van der Waals surface area (Å²) in [5, 5.41) is 3.70. The van der Waals surface area contributed by atoms with E-state index < -0.39 is 10.0 Å². The van der Waals surface area contributed by atoms with Crippen LogP contribution in [0.1, 0.15) is 57.4 Å². The molecule has 1 aromatic rings. The van der Waals surface area contributed by atoms with Crippen molar-refractivity contribution < 1.29 is 12.8 Å². The van der Waals surface area contributed by atoms with Crippen molar-refractivity contribution in [3.8, 4) is 0 Å². The minimum atomic E-state index is -3.38. The van der Waals surface area contributed by atoms with Crippen LogP contribution in [0.2, 0.25) is 0 Å². The van der Waals surface area contributed by atoms with E-state index in [0.717, 1.165) is 12.8 Å². The predicted molar refractivity (Wildman–Crippen MR) is 88.9 cm³/mol. The van der Waals surface area contributed by atoms with Gasteiger partial charge in [-0.05, 0) is 24.1 Å². The second-order valence-electron chi connectivity index (χ2n) is 5.34. The number of hydrogen-bond acceptors (Lipinski definition) is 3. The number of nitrogens with zero attached hydrogens (tertiary/aromatic N) is 1. The van der Waals surface area contributed by atoms with Crippen molar-refractivity contribution in [1.29, 1.82) is 0 Å². The second kappa shape index (κ2) is 10.3. The monoisotopic (exact) mass is 328 g/mol. The standard InChI is InChI=1S/C16H25FN2O2S/c1-2-3-4-5-6-7-8-13-22(20,21)19-18-14-15-9-11-16(17)12-10-15/h9-12,14,19H,2-8,13H2,1H3/b18-14+. The SMILES string of the molecule is CCCCCCCCCS(=O)(=O)N/N=C/c1ccc(F)cc1. The van der Waals surface area contributed by atoms with Gasteiger partial charge in [0.15, 0.2) is 0 Å². The smallest absolute Gasteiger partial charge is 0.207 e. The molecule has 0 saturated heterocycles. The molecule has 0 spiro atoms. The second-order valence-corrected chi connectivity index (χ2v) is 7.16. The maximum Gasteiger partial charge on any atom is 0.247 e. The van der Waals surface area contributed by atoms with Gasteiger partial charge in [-0.3, -0.25) is 0 Å². The quantitative estimate of drug-likeness (QED) is 0.381. The van der Waals surface area contributed by atoms with Crippen molar-refractivity contribution in [3.05, 3.63) is 35.6 Å². The van der Waals surface area contributed by atoms with Crippen LogP contribution in [0.3, 0.4) is 0 Å². The normalized spacial score (nSPS) is 11.9. The zero-order chi connectivity index (χ0) is 16.3. The van der Waals surface area contributed by atoms with Crippen LogP contribution < -0.4 is 4.83 Å². The Hall–Kier alpha value is -1.43. The van der Waals surface area contributed by atoms with Crippen LogP contribution >= 0.6 is 0 Å². The molecule has 0 fully saturated rings. The first-order chi connectivity index (χ1) is 10.5. The fraction of sp³-hybridized carbons (Fsp3) is 0.562. The number of benzene rings is 1. The Morgan fingerprint density at radius 2 is 1.64 bits per heavy atom. The number of unbranched alkanes of at least 4 members (excludes halogenated alkanes) is 6. The highest BCUT2D eigenvalue weighted by atomic mass is 32.2. The Morgan fingerprint density at radius 1 is 1.05 bits per heavy atom. The van der Waals surface area contributed by atoms with Crippen LogP contribution in [0.25, 0.3) is 0 Å². The van der Waals surface area contributed by atoms with Crippen LogP contribution in [0.5, 0.6) is 0 Å². The summed E-state index contributed by atoms with van der Waals surface area (Å²) in [5.74, 6) is -0.252. The topological polar surface area (TPSA) is 58.5 Å². The van der Waals surface area contributed by atoms with E-state index >= 15 is 0 Å². The minimum Gasteiger partial charge on any atom is -0.207 e. The van der Waals surface area contributed by atoms with Crippen LogP contribution in [-0.2, 0) is 10.0 Å². The number of rotatable bonds is 11. The molecule has 0 atom stereocenters. The van der Waals surface area contributed by atoms with Crippen molar-refractivity contribution in [2.45, 2.75) is 51.9 Å². The Balaban J connectivity index is 2.22. The highest BCUT2D eigenvalue weighted by Gasteiger charge is 2.07. The Labute approximate surface area is 132 Å². The lowest BCUT2D eigenvalue weighted by Crippen LogP contribution is -2.21. The van der Waals surface area contributed by atoms with Gasteiger partial charge in [0.2, 0.25) is 10.0 Å². The van der Waals surface area contributed by atoms with Crippen molar-refractivity contribution in [2.75, 3.05) is 5.75 Å². The van der Waals surface area contributed by atoms with Gasteiger partial charge >= 0.3 is 0 Å². The third-order valence-electron chi connectivity index (χ3n) is 3.29. The molecule has 1 aromatic carbocycles. The average Bonchev–Trinajstić information content (AvgIpc) is 2.48. The van der Waals surface area contributed by atoms with Gasteiger partial charge in [-0.15, -0.1) is 0 Å². The van der Waals surface area contributed by atoms with E-state index in [1.54, 1.807) is 0 Å². The molecule has 0 bridgehead atoms. The molecule has 0 saturated carbocycles. The van der Waals surface area contributed by atoms with Crippen LogP contribution in [0.15, 0.2) is 29.4 Å². The highest BCUT2D eigenvalue weighted by Crippen LogP contribution is 2.07. The van der Waals surface area contributed by atoms with Crippen LogP contribution in [0, 0.1) is 5.82 Å². The van der Waals surface area contributed by atoms with E-state index in [9.17, 15) is 12.8 Å². The van der Waals surface area contributed by atoms with E-state index in [2.05, 4.69) is 16.9 Å². The molecule has 0 aromatic heterocycles. The molecule has 0 amide bonds. The van der Waals surface area contributed by atoms with Gasteiger partial charge in [0.05, 0.1) is 12.0 Å². The largest absolute Gasteiger partial charge is 0.247 e. The summed E-state index contributed by atoms with van der Waals surface area (Å²) >= 11 is 0. The molecule has 22 heavy (non-hydrogen) atoms. The molecule has 0 aliphatic heterocycles.